The van der Waals surface area contributed by atoms with Gasteiger partial charge in [0, 0.05) is 25.1 Å². The third-order valence-electron chi connectivity index (χ3n) is 7.96. The molecule has 0 bridgehead atoms. The number of carbonyl (C=O) groups excluding carboxylic acids is 2. The van der Waals surface area contributed by atoms with Crippen LogP contribution in [0.3, 0.4) is 0 Å². The van der Waals surface area contributed by atoms with Crippen LogP contribution in [-0.2, 0) is 32.6 Å². The van der Waals surface area contributed by atoms with Crippen molar-refractivity contribution in [1.29, 1.82) is 0 Å². The summed E-state index contributed by atoms with van der Waals surface area (Å²) in [6.45, 7) is 1.97. The van der Waals surface area contributed by atoms with Crippen LogP contribution in [0.25, 0.3) is 0 Å². The molecule has 43 heavy (non-hydrogen) atoms. The summed E-state index contributed by atoms with van der Waals surface area (Å²) in [7, 11) is -3.88. The van der Waals surface area contributed by atoms with Crippen LogP contribution in [0.1, 0.15) is 43.7 Å². The maximum atomic E-state index is 14.3. The van der Waals surface area contributed by atoms with Gasteiger partial charge in [-0.1, -0.05) is 73.5 Å². The Labute approximate surface area is 253 Å². The fourth-order valence-electron chi connectivity index (χ4n) is 5.61. The monoisotopic (exact) mass is 605 g/mol. The lowest BCUT2D eigenvalue weighted by molar-refractivity contribution is -0.140. The van der Waals surface area contributed by atoms with Crippen LogP contribution in [0.4, 0.5) is 5.69 Å². The number of anilines is 1. The number of amides is 2. The van der Waals surface area contributed by atoms with Crippen LogP contribution in [0, 0.1) is 0 Å². The lowest BCUT2D eigenvalue weighted by atomic mass is 10.0. The molecule has 2 aliphatic rings. The number of ether oxygens (including phenoxy) is 2. The normalized spacial score (nSPS) is 15.5. The van der Waals surface area contributed by atoms with Crippen molar-refractivity contribution in [2.45, 2.75) is 57.7 Å². The van der Waals surface area contributed by atoms with E-state index in [1.807, 2.05) is 60.7 Å². The van der Waals surface area contributed by atoms with Crippen LogP contribution in [-0.4, -0.2) is 62.7 Å². The summed E-state index contributed by atoms with van der Waals surface area (Å²) in [6.07, 6.45) is 4.22. The number of hydrogen-bond acceptors (Lipinski definition) is 6. The van der Waals surface area contributed by atoms with E-state index in [-0.39, 0.29) is 24.2 Å². The number of rotatable bonds is 12. The zero-order valence-electron chi connectivity index (χ0n) is 24.5. The summed E-state index contributed by atoms with van der Waals surface area (Å²) in [5.41, 5.74) is 2.05. The maximum absolute atomic E-state index is 14.3. The van der Waals surface area contributed by atoms with Crippen molar-refractivity contribution in [3.63, 3.8) is 0 Å². The van der Waals surface area contributed by atoms with E-state index in [0.29, 0.717) is 36.8 Å². The van der Waals surface area contributed by atoms with Crippen molar-refractivity contribution < 1.29 is 27.5 Å². The number of nitrogens with zero attached hydrogens (tertiary/aromatic N) is 2. The Morgan fingerprint density at radius 1 is 0.884 bits per heavy atom. The van der Waals surface area contributed by atoms with Crippen molar-refractivity contribution in [1.82, 2.24) is 10.2 Å². The fraction of sp³-hybridized carbons (Fsp3) is 0.394. The van der Waals surface area contributed by atoms with Gasteiger partial charge in [-0.05, 0) is 43.0 Å². The average Bonchev–Trinajstić information content (AvgIpc) is 3.55. The largest absolute Gasteiger partial charge is 0.486 e. The molecule has 0 saturated heterocycles. The smallest absolute Gasteiger partial charge is 0.244 e. The van der Waals surface area contributed by atoms with E-state index < -0.39 is 28.5 Å². The van der Waals surface area contributed by atoms with Gasteiger partial charge in [0.1, 0.15) is 25.8 Å². The van der Waals surface area contributed by atoms with Crippen molar-refractivity contribution in [2.75, 3.05) is 29.8 Å². The second-order valence-electron chi connectivity index (χ2n) is 10.9. The number of benzene rings is 3. The highest BCUT2D eigenvalue weighted by Gasteiger charge is 2.35. The standard InChI is InChI=1S/C33H39N3O6S/c1-2-43(39,40)36(28-17-18-30-31(22-28)42-20-19-41-30)24-32(37)35(23-26-13-7-4-8-14-26)29(21-25-11-5-3-6-12-25)33(38)34-27-15-9-10-16-27/h3-8,11-14,17-18,22,27,29H,2,9-10,15-16,19-21,23-24H2,1H3,(H,34,38)/t29-/m1/s1. The van der Waals surface area contributed by atoms with Crippen LogP contribution in [0.2, 0.25) is 0 Å². The Hall–Kier alpha value is -4.05. The van der Waals surface area contributed by atoms with Gasteiger partial charge >= 0.3 is 0 Å². The average molecular weight is 606 g/mol. The summed E-state index contributed by atoms with van der Waals surface area (Å²) in [5.74, 6) is 0.0321. The van der Waals surface area contributed by atoms with E-state index in [9.17, 15) is 18.0 Å². The van der Waals surface area contributed by atoms with Crippen LogP contribution in [0.15, 0.2) is 78.9 Å². The molecular weight excluding hydrogens is 566 g/mol. The Bertz CT molecular complexity index is 1490. The van der Waals surface area contributed by atoms with Crippen LogP contribution >= 0.6 is 0 Å². The number of carbonyl (C=O) groups is 2. The molecule has 0 spiro atoms. The molecule has 1 atom stereocenters. The molecule has 1 N–H and O–H groups in total. The van der Waals surface area contributed by atoms with Crippen molar-refractivity contribution in [3.8, 4) is 11.5 Å². The van der Waals surface area contributed by atoms with Gasteiger partial charge in [0.2, 0.25) is 21.8 Å². The number of hydrogen-bond donors (Lipinski definition) is 1. The molecule has 9 nitrogen and oxygen atoms in total. The molecule has 10 heteroatoms. The summed E-state index contributed by atoms with van der Waals surface area (Å²) in [4.78, 5) is 29.8. The number of fused-ring (bicyclic) bond motifs is 1. The van der Waals surface area contributed by atoms with Crippen molar-refractivity contribution in [3.05, 3.63) is 90.0 Å². The van der Waals surface area contributed by atoms with E-state index >= 15 is 0 Å². The first-order valence-electron chi connectivity index (χ1n) is 14.9. The minimum Gasteiger partial charge on any atom is -0.486 e. The minimum absolute atomic E-state index is 0.0640. The molecule has 1 aliphatic carbocycles. The number of sulfonamides is 1. The second-order valence-corrected chi connectivity index (χ2v) is 13.1. The quantitative estimate of drug-likeness (QED) is 0.330. The molecule has 1 aliphatic heterocycles. The zero-order chi connectivity index (χ0) is 30.2. The molecule has 1 fully saturated rings. The first-order chi connectivity index (χ1) is 20.8. The van der Waals surface area contributed by atoms with E-state index in [0.717, 1.165) is 41.1 Å². The van der Waals surface area contributed by atoms with Crippen molar-refractivity contribution in [2.24, 2.45) is 0 Å². The lowest BCUT2D eigenvalue weighted by Crippen LogP contribution is -2.54. The Kier molecular flexibility index (Phi) is 9.86. The Morgan fingerprint density at radius 2 is 1.51 bits per heavy atom. The topological polar surface area (TPSA) is 105 Å². The van der Waals surface area contributed by atoms with Crippen molar-refractivity contribution >= 4 is 27.5 Å². The van der Waals surface area contributed by atoms with E-state index in [2.05, 4.69) is 5.32 Å². The van der Waals surface area contributed by atoms with Gasteiger partial charge in [-0.3, -0.25) is 13.9 Å². The molecule has 5 rings (SSSR count). The highest BCUT2D eigenvalue weighted by Crippen LogP contribution is 2.35. The van der Waals surface area contributed by atoms with Gasteiger partial charge < -0.3 is 19.7 Å². The summed E-state index contributed by atoms with van der Waals surface area (Å²) < 4.78 is 39.2. The molecule has 1 saturated carbocycles. The Balaban J connectivity index is 1.50. The lowest BCUT2D eigenvalue weighted by Gasteiger charge is -2.34. The predicted molar refractivity (Wildman–Crippen MR) is 166 cm³/mol. The molecule has 0 radical (unpaired) electrons. The van der Waals surface area contributed by atoms with Gasteiger partial charge in [0.25, 0.3) is 0 Å². The SMILES string of the molecule is CCS(=O)(=O)N(CC(=O)N(Cc1ccccc1)[C@H](Cc1ccccc1)C(=O)NC1CCCC1)c1ccc2c(c1)OCCO2. The van der Waals surface area contributed by atoms with Crippen LogP contribution in [0.5, 0.6) is 11.5 Å². The summed E-state index contributed by atoms with van der Waals surface area (Å²) in [6, 6.07) is 23.1. The van der Waals surface area contributed by atoms with Gasteiger partial charge in [-0.15, -0.1) is 0 Å². The van der Waals surface area contributed by atoms with E-state index in [1.54, 1.807) is 25.1 Å². The predicted octanol–water partition coefficient (Wildman–Crippen LogP) is 4.31. The molecule has 1 heterocycles. The minimum atomic E-state index is -3.88. The molecular formula is C33H39N3O6S. The Morgan fingerprint density at radius 3 is 2.16 bits per heavy atom. The van der Waals surface area contributed by atoms with Gasteiger partial charge in [0.05, 0.1) is 11.4 Å². The number of nitrogens with one attached hydrogen (secondary N) is 1. The molecule has 3 aromatic carbocycles. The van der Waals surface area contributed by atoms with Gasteiger partial charge in [0.15, 0.2) is 11.5 Å². The molecule has 0 unspecified atom stereocenters. The van der Waals surface area contributed by atoms with Crippen LogP contribution < -0.4 is 19.1 Å². The first kappa shape index (κ1) is 30.4. The molecule has 228 valence electrons. The fourth-order valence-corrected chi connectivity index (χ4v) is 6.66. The van der Waals surface area contributed by atoms with Gasteiger partial charge in [-0.25, -0.2) is 8.42 Å². The highest BCUT2D eigenvalue weighted by atomic mass is 32.2. The first-order valence-corrected chi connectivity index (χ1v) is 16.5. The van der Waals surface area contributed by atoms with E-state index in [1.165, 1.54) is 4.90 Å². The molecule has 2 amide bonds. The maximum Gasteiger partial charge on any atom is 0.244 e. The zero-order valence-corrected chi connectivity index (χ0v) is 25.3. The molecule has 0 aromatic heterocycles. The second kappa shape index (κ2) is 13.9. The third-order valence-corrected chi connectivity index (χ3v) is 9.70. The summed E-state index contributed by atoms with van der Waals surface area (Å²) in [5, 5.41) is 3.19. The summed E-state index contributed by atoms with van der Waals surface area (Å²) >= 11 is 0. The highest BCUT2D eigenvalue weighted by molar-refractivity contribution is 7.92. The third kappa shape index (κ3) is 7.67. The van der Waals surface area contributed by atoms with E-state index in [4.69, 9.17) is 9.47 Å². The van der Waals surface area contributed by atoms with Gasteiger partial charge in [-0.2, -0.15) is 0 Å². The molecule has 3 aromatic rings.